The second kappa shape index (κ2) is 5.86. The van der Waals surface area contributed by atoms with Gasteiger partial charge in [0.15, 0.2) is 0 Å². The Hall–Kier alpha value is -1.87. The van der Waals surface area contributed by atoms with Gasteiger partial charge in [0.1, 0.15) is 5.75 Å². The summed E-state index contributed by atoms with van der Waals surface area (Å²) in [5.74, 6) is 1.32. The lowest BCUT2D eigenvalue weighted by atomic mass is 9.86. The van der Waals surface area contributed by atoms with Crippen LogP contribution >= 0.6 is 0 Å². The van der Waals surface area contributed by atoms with E-state index >= 15 is 0 Å². The molecule has 1 aromatic carbocycles. The Labute approximate surface area is 126 Å². The average Bonchev–Trinajstić information content (AvgIpc) is 2.39. The van der Waals surface area contributed by atoms with E-state index in [4.69, 9.17) is 4.74 Å². The molecule has 0 fully saturated rings. The Kier molecular flexibility index (Phi) is 4.33. The van der Waals surface area contributed by atoms with Crippen molar-refractivity contribution in [3.63, 3.8) is 0 Å². The van der Waals surface area contributed by atoms with E-state index < -0.39 is 0 Å². The van der Waals surface area contributed by atoms with Crippen LogP contribution in [0.5, 0.6) is 11.6 Å². The third kappa shape index (κ3) is 3.82. The molecule has 2 aromatic rings. The predicted molar refractivity (Wildman–Crippen MR) is 84.8 cm³/mol. The maximum atomic E-state index is 9.25. The second-order valence-electron chi connectivity index (χ2n) is 6.45. The van der Waals surface area contributed by atoms with Gasteiger partial charge < -0.3 is 9.84 Å². The van der Waals surface area contributed by atoms with Gasteiger partial charge in [-0.25, -0.2) is 4.98 Å². The fraction of sp³-hybridized carbons (Fsp3) is 0.389. The van der Waals surface area contributed by atoms with Crippen molar-refractivity contribution in [3.8, 4) is 11.6 Å². The number of hydrogen-bond donors (Lipinski definition) is 1. The molecule has 1 heterocycles. The van der Waals surface area contributed by atoms with Crippen molar-refractivity contribution in [1.82, 2.24) is 4.98 Å². The summed E-state index contributed by atoms with van der Waals surface area (Å²) < 4.78 is 5.88. The number of nitrogens with zero attached hydrogens (tertiary/aromatic N) is 1. The van der Waals surface area contributed by atoms with Gasteiger partial charge in [0, 0.05) is 11.8 Å². The molecule has 0 saturated carbocycles. The highest BCUT2D eigenvalue weighted by Gasteiger charge is 2.15. The number of rotatable bonds is 3. The molecule has 0 saturated heterocycles. The summed E-state index contributed by atoms with van der Waals surface area (Å²) >= 11 is 0. The monoisotopic (exact) mass is 285 g/mol. The summed E-state index contributed by atoms with van der Waals surface area (Å²) in [6, 6.07) is 9.84. The van der Waals surface area contributed by atoms with Crippen molar-refractivity contribution in [2.24, 2.45) is 0 Å². The minimum Gasteiger partial charge on any atom is -0.439 e. The highest BCUT2D eigenvalue weighted by Crippen LogP contribution is 2.30. The Bertz CT molecular complexity index is 642. The van der Waals surface area contributed by atoms with E-state index in [0.29, 0.717) is 5.88 Å². The van der Waals surface area contributed by atoms with Crippen molar-refractivity contribution in [3.05, 3.63) is 52.7 Å². The van der Waals surface area contributed by atoms with E-state index in [9.17, 15) is 5.11 Å². The summed E-state index contributed by atoms with van der Waals surface area (Å²) in [5, 5.41) is 9.25. The number of aryl methyl sites for hydroxylation is 2. The van der Waals surface area contributed by atoms with E-state index in [2.05, 4.69) is 37.9 Å². The van der Waals surface area contributed by atoms with E-state index in [1.54, 1.807) is 6.07 Å². The summed E-state index contributed by atoms with van der Waals surface area (Å²) in [4.78, 5) is 4.36. The van der Waals surface area contributed by atoms with Crippen molar-refractivity contribution in [2.45, 2.75) is 46.6 Å². The molecule has 1 N–H and O–H groups in total. The number of hydrogen-bond acceptors (Lipinski definition) is 3. The molecule has 0 amide bonds. The molecular weight excluding hydrogens is 262 g/mol. The summed E-state index contributed by atoms with van der Waals surface area (Å²) in [7, 11) is 0. The third-order valence-electron chi connectivity index (χ3n) is 3.43. The van der Waals surface area contributed by atoms with Crippen LogP contribution in [0.4, 0.5) is 0 Å². The lowest BCUT2D eigenvalue weighted by Crippen LogP contribution is -2.11. The molecule has 0 radical (unpaired) electrons. The van der Waals surface area contributed by atoms with Gasteiger partial charge in [-0.3, -0.25) is 0 Å². The Morgan fingerprint density at radius 3 is 2.38 bits per heavy atom. The number of aromatic nitrogens is 1. The molecule has 1 aromatic heterocycles. The standard InChI is InChI=1S/C18H23NO2/c1-12-8-15(18(3,4)5)6-7-16(12)21-17-10-14(11-20)9-13(2)19-17/h6-10,20H,11H2,1-5H3. The average molecular weight is 285 g/mol. The first kappa shape index (κ1) is 15.5. The zero-order valence-corrected chi connectivity index (χ0v) is 13.4. The van der Waals surface area contributed by atoms with Gasteiger partial charge in [0.25, 0.3) is 0 Å². The molecule has 0 bridgehead atoms. The highest BCUT2D eigenvalue weighted by molar-refractivity contribution is 5.41. The van der Waals surface area contributed by atoms with Crippen LogP contribution in [0.25, 0.3) is 0 Å². The molecule has 0 spiro atoms. The van der Waals surface area contributed by atoms with E-state index in [0.717, 1.165) is 22.6 Å². The Morgan fingerprint density at radius 2 is 1.81 bits per heavy atom. The van der Waals surface area contributed by atoms with E-state index in [-0.39, 0.29) is 12.0 Å². The number of aliphatic hydroxyl groups excluding tert-OH is 1. The van der Waals surface area contributed by atoms with Gasteiger partial charge >= 0.3 is 0 Å². The first-order valence-electron chi connectivity index (χ1n) is 7.17. The number of aliphatic hydroxyl groups is 1. The van der Waals surface area contributed by atoms with Gasteiger partial charge in [-0.1, -0.05) is 32.9 Å². The van der Waals surface area contributed by atoms with Crippen LogP contribution in [0.15, 0.2) is 30.3 Å². The van der Waals surface area contributed by atoms with Crippen LogP contribution in [0, 0.1) is 13.8 Å². The lowest BCUT2D eigenvalue weighted by molar-refractivity contribution is 0.281. The Morgan fingerprint density at radius 1 is 1.10 bits per heavy atom. The van der Waals surface area contributed by atoms with Crippen LogP contribution in [0.2, 0.25) is 0 Å². The molecule has 21 heavy (non-hydrogen) atoms. The number of ether oxygens (including phenoxy) is 1. The van der Waals surface area contributed by atoms with Crippen LogP contribution < -0.4 is 4.74 Å². The highest BCUT2D eigenvalue weighted by atomic mass is 16.5. The largest absolute Gasteiger partial charge is 0.439 e. The minimum absolute atomic E-state index is 0.0122. The van der Waals surface area contributed by atoms with Crippen molar-refractivity contribution >= 4 is 0 Å². The van der Waals surface area contributed by atoms with Crippen molar-refractivity contribution in [1.29, 1.82) is 0 Å². The van der Waals surface area contributed by atoms with Gasteiger partial charge in [0.05, 0.1) is 6.61 Å². The smallest absolute Gasteiger partial charge is 0.219 e. The predicted octanol–water partition coefficient (Wildman–Crippen LogP) is 4.28. The van der Waals surface area contributed by atoms with Crippen LogP contribution in [-0.2, 0) is 12.0 Å². The zero-order chi connectivity index (χ0) is 15.6. The molecule has 3 heteroatoms. The maximum absolute atomic E-state index is 9.25. The molecular formula is C18H23NO2. The molecule has 3 nitrogen and oxygen atoms in total. The molecule has 0 unspecified atom stereocenters. The topological polar surface area (TPSA) is 42.4 Å². The van der Waals surface area contributed by atoms with E-state index in [1.165, 1.54) is 5.56 Å². The van der Waals surface area contributed by atoms with Gasteiger partial charge in [-0.05, 0) is 48.1 Å². The summed E-state index contributed by atoms with van der Waals surface area (Å²) in [6.07, 6.45) is 0. The van der Waals surface area contributed by atoms with Gasteiger partial charge in [0.2, 0.25) is 5.88 Å². The van der Waals surface area contributed by atoms with E-state index in [1.807, 2.05) is 26.0 Å². The number of pyridine rings is 1. The lowest BCUT2D eigenvalue weighted by Gasteiger charge is -2.20. The van der Waals surface area contributed by atoms with Crippen LogP contribution in [0.3, 0.4) is 0 Å². The first-order valence-corrected chi connectivity index (χ1v) is 7.17. The first-order chi connectivity index (χ1) is 9.79. The second-order valence-corrected chi connectivity index (χ2v) is 6.45. The van der Waals surface area contributed by atoms with Crippen molar-refractivity contribution < 1.29 is 9.84 Å². The molecule has 2 rings (SSSR count). The maximum Gasteiger partial charge on any atom is 0.219 e. The van der Waals surface area contributed by atoms with Crippen LogP contribution in [0.1, 0.15) is 43.2 Å². The molecule has 0 aliphatic carbocycles. The molecule has 112 valence electrons. The minimum atomic E-state index is -0.0122. The number of benzene rings is 1. The van der Waals surface area contributed by atoms with Gasteiger partial charge in [-0.15, -0.1) is 0 Å². The molecule has 0 atom stereocenters. The normalized spacial score (nSPS) is 11.5. The SMILES string of the molecule is Cc1cc(CO)cc(Oc2ccc(C(C)(C)C)cc2C)n1. The fourth-order valence-corrected chi connectivity index (χ4v) is 2.19. The van der Waals surface area contributed by atoms with Crippen molar-refractivity contribution in [2.75, 3.05) is 0 Å². The summed E-state index contributed by atoms with van der Waals surface area (Å²) in [5.41, 5.74) is 4.12. The Balaban J connectivity index is 2.30. The zero-order valence-electron chi connectivity index (χ0n) is 13.4. The quantitative estimate of drug-likeness (QED) is 0.915. The van der Waals surface area contributed by atoms with Gasteiger partial charge in [-0.2, -0.15) is 0 Å². The third-order valence-corrected chi connectivity index (χ3v) is 3.43. The molecule has 0 aliphatic heterocycles. The molecule has 0 aliphatic rings. The van der Waals surface area contributed by atoms with Crippen LogP contribution in [-0.4, -0.2) is 10.1 Å². The fourth-order valence-electron chi connectivity index (χ4n) is 2.19. The summed E-state index contributed by atoms with van der Waals surface area (Å²) in [6.45, 7) is 10.5.